The van der Waals surface area contributed by atoms with E-state index in [-0.39, 0.29) is 18.3 Å². The molecule has 0 amide bonds. The second kappa shape index (κ2) is 7.08. The normalized spacial score (nSPS) is 44.9. The molecule has 0 bridgehead atoms. The third kappa shape index (κ3) is 3.09. The first-order valence-corrected chi connectivity index (χ1v) is 10.8. The summed E-state index contributed by atoms with van der Waals surface area (Å²) in [4.78, 5) is 0. The Balaban J connectivity index is 1.41. The van der Waals surface area contributed by atoms with Gasteiger partial charge >= 0.3 is 0 Å². The van der Waals surface area contributed by atoms with Gasteiger partial charge in [-0.15, -0.1) is 6.58 Å². The molecule has 2 spiro atoms. The fourth-order valence-corrected chi connectivity index (χ4v) is 5.75. The van der Waals surface area contributed by atoms with Crippen molar-refractivity contribution >= 4 is 0 Å². The quantitative estimate of drug-likeness (QED) is 0.760. The monoisotopic (exact) mass is 380 g/mol. The number of rotatable bonds is 3. The van der Waals surface area contributed by atoms with Crippen LogP contribution in [0.3, 0.4) is 0 Å². The minimum absolute atomic E-state index is 0.316. The molecule has 5 rings (SSSR count). The van der Waals surface area contributed by atoms with Gasteiger partial charge in [0.05, 0.1) is 6.61 Å². The molecule has 0 radical (unpaired) electrons. The molecule has 0 aromatic carbocycles. The van der Waals surface area contributed by atoms with Crippen LogP contribution in [0.25, 0.3) is 0 Å². The molecule has 6 nitrogen and oxygen atoms in total. The van der Waals surface area contributed by atoms with E-state index < -0.39 is 29.9 Å². The lowest BCUT2D eigenvalue weighted by Gasteiger charge is -2.40. The first-order chi connectivity index (χ1) is 13.2. The molecular formula is C21H32O6. The first kappa shape index (κ1) is 18.5. The fourth-order valence-electron chi connectivity index (χ4n) is 5.75. The zero-order chi connectivity index (χ0) is 18.5. The van der Waals surface area contributed by atoms with Crippen LogP contribution in [-0.4, -0.2) is 59.9 Å². The zero-order valence-corrected chi connectivity index (χ0v) is 16.0. The minimum Gasteiger partial charge on any atom is -0.387 e. The van der Waals surface area contributed by atoms with Gasteiger partial charge in [-0.2, -0.15) is 0 Å². The van der Waals surface area contributed by atoms with E-state index in [0.717, 1.165) is 51.4 Å². The highest BCUT2D eigenvalue weighted by Gasteiger charge is 2.66. The van der Waals surface area contributed by atoms with E-state index in [0.29, 0.717) is 6.61 Å². The van der Waals surface area contributed by atoms with Crippen molar-refractivity contribution < 1.29 is 28.8 Å². The molecule has 5 aliphatic rings. The predicted octanol–water partition coefficient (Wildman–Crippen LogP) is 2.82. The van der Waals surface area contributed by atoms with Crippen molar-refractivity contribution in [1.29, 1.82) is 0 Å². The summed E-state index contributed by atoms with van der Waals surface area (Å²) in [5.41, 5.74) is 0. The van der Waals surface area contributed by atoms with Gasteiger partial charge < -0.3 is 28.8 Å². The number of hydrogen-bond acceptors (Lipinski definition) is 6. The molecule has 0 aromatic rings. The van der Waals surface area contributed by atoms with Crippen LogP contribution in [0.4, 0.5) is 0 Å². The van der Waals surface area contributed by atoms with Crippen molar-refractivity contribution in [2.45, 2.75) is 112 Å². The van der Waals surface area contributed by atoms with Gasteiger partial charge in [-0.05, 0) is 25.7 Å². The minimum atomic E-state index is -0.758. The van der Waals surface area contributed by atoms with Crippen LogP contribution >= 0.6 is 0 Å². The van der Waals surface area contributed by atoms with Crippen molar-refractivity contribution in [3.05, 3.63) is 12.7 Å². The second-order valence-corrected chi connectivity index (χ2v) is 8.85. The van der Waals surface area contributed by atoms with Gasteiger partial charge in [0.2, 0.25) is 0 Å². The average molecular weight is 380 g/mol. The van der Waals surface area contributed by atoms with Gasteiger partial charge in [0.1, 0.15) is 36.6 Å². The maximum atomic E-state index is 11.1. The highest BCUT2D eigenvalue weighted by atomic mass is 16.8. The Morgan fingerprint density at radius 3 is 1.67 bits per heavy atom. The predicted molar refractivity (Wildman–Crippen MR) is 97.1 cm³/mol. The van der Waals surface area contributed by atoms with E-state index >= 15 is 0 Å². The van der Waals surface area contributed by atoms with Crippen molar-refractivity contribution in [2.24, 2.45) is 0 Å². The summed E-state index contributed by atoms with van der Waals surface area (Å²) in [5, 5.41) is 11.1. The fraction of sp³-hybridized carbons (Fsp3) is 0.905. The Labute approximate surface area is 161 Å². The van der Waals surface area contributed by atoms with Crippen LogP contribution in [0.1, 0.15) is 64.2 Å². The molecule has 6 atom stereocenters. The Hall–Kier alpha value is -0.500. The number of hydrogen-bond donors (Lipinski definition) is 1. The molecule has 0 aromatic heterocycles. The molecular weight excluding hydrogens is 348 g/mol. The zero-order valence-electron chi connectivity index (χ0n) is 16.0. The number of ether oxygens (including phenoxy) is 5. The van der Waals surface area contributed by atoms with Gasteiger partial charge in [-0.25, -0.2) is 0 Å². The van der Waals surface area contributed by atoms with Crippen molar-refractivity contribution in [3.8, 4) is 0 Å². The lowest BCUT2D eigenvalue weighted by atomic mass is 9.85. The molecule has 2 heterocycles. The molecule has 1 N–H and O–H groups in total. The highest BCUT2D eigenvalue weighted by Crippen LogP contribution is 2.51. The molecule has 5 fully saturated rings. The Morgan fingerprint density at radius 1 is 0.778 bits per heavy atom. The summed E-state index contributed by atoms with van der Waals surface area (Å²) in [6.45, 7) is 4.20. The average Bonchev–Trinajstić information content (AvgIpc) is 3.23. The number of fused-ring (bicyclic) bond motifs is 2. The summed E-state index contributed by atoms with van der Waals surface area (Å²) in [6.07, 6.45) is 9.45. The smallest absolute Gasteiger partial charge is 0.169 e. The summed E-state index contributed by atoms with van der Waals surface area (Å²) in [6, 6.07) is 0. The van der Waals surface area contributed by atoms with E-state index in [1.807, 2.05) is 0 Å². The molecule has 3 aliphatic carbocycles. The maximum Gasteiger partial charge on any atom is 0.169 e. The third-order valence-corrected chi connectivity index (χ3v) is 7.01. The molecule has 2 saturated heterocycles. The summed E-state index contributed by atoms with van der Waals surface area (Å²) < 4.78 is 31.9. The Kier molecular flexibility index (Phi) is 4.86. The van der Waals surface area contributed by atoms with Gasteiger partial charge in [0.15, 0.2) is 11.6 Å². The molecule has 2 aliphatic heterocycles. The number of aliphatic hydroxyl groups is 1. The van der Waals surface area contributed by atoms with Crippen molar-refractivity contribution in [2.75, 3.05) is 6.61 Å². The van der Waals surface area contributed by atoms with Crippen LogP contribution in [0.5, 0.6) is 0 Å². The third-order valence-electron chi connectivity index (χ3n) is 7.01. The molecule has 3 saturated carbocycles. The molecule has 6 heteroatoms. The largest absolute Gasteiger partial charge is 0.387 e. The lowest BCUT2D eigenvalue weighted by molar-refractivity contribution is -0.225. The summed E-state index contributed by atoms with van der Waals surface area (Å²) >= 11 is 0. The van der Waals surface area contributed by atoms with E-state index in [4.69, 9.17) is 23.7 Å². The van der Waals surface area contributed by atoms with E-state index in [1.165, 1.54) is 12.8 Å². The topological polar surface area (TPSA) is 66.4 Å². The summed E-state index contributed by atoms with van der Waals surface area (Å²) in [7, 11) is 0. The van der Waals surface area contributed by atoms with Crippen LogP contribution < -0.4 is 0 Å². The molecule has 27 heavy (non-hydrogen) atoms. The van der Waals surface area contributed by atoms with E-state index in [2.05, 4.69) is 6.58 Å². The van der Waals surface area contributed by atoms with E-state index in [1.54, 1.807) is 6.08 Å². The van der Waals surface area contributed by atoms with Crippen molar-refractivity contribution in [3.63, 3.8) is 0 Å². The Bertz CT molecular complexity index is 511. The van der Waals surface area contributed by atoms with Gasteiger partial charge in [-0.3, -0.25) is 0 Å². The van der Waals surface area contributed by atoms with Crippen LogP contribution in [0, 0.1) is 0 Å². The molecule has 152 valence electrons. The second-order valence-electron chi connectivity index (χ2n) is 8.85. The lowest BCUT2D eigenvalue weighted by Crippen LogP contribution is -2.62. The maximum absolute atomic E-state index is 11.1. The standard InChI is InChI=1S/C21H32O6/c1-2-13-23-17-18-15(24-20(26-18)9-5-3-6-10-20)14(22)16-19(17)27-21(25-16)11-7-4-8-12-21/h2,14-19,22H,1,3-13H2/t14-,15-,16+,17-,18-,19-/m1/s1. The van der Waals surface area contributed by atoms with Crippen LogP contribution in [0.15, 0.2) is 12.7 Å². The summed E-state index contributed by atoms with van der Waals surface area (Å²) in [5.74, 6) is -1.16. The highest BCUT2D eigenvalue weighted by molar-refractivity contribution is 5.10. The van der Waals surface area contributed by atoms with Crippen LogP contribution in [0.2, 0.25) is 0 Å². The van der Waals surface area contributed by atoms with E-state index in [9.17, 15) is 5.11 Å². The SMILES string of the molecule is C=CCO[C@@H]1[C@@H]2OC3(CCCCC3)O[C@@H]2[C@@H](O)[C@@H]2OC3(CCCCC3)O[C@@H]12. The van der Waals surface area contributed by atoms with Crippen LogP contribution in [-0.2, 0) is 23.7 Å². The Morgan fingerprint density at radius 2 is 1.22 bits per heavy atom. The first-order valence-electron chi connectivity index (χ1n) is 10.8. The molecule has 0 unspecified atom stereocenters. The number of aliphatic hydroxyl groups excluding tert-OH is 1. The van der Waals surface area contributed by atoms with Gasteiger partial charge in [-0.1, -0.05) is 18.9 Å². The van der Waals surface area contributed by atoms with Gasteiger partial charge in [0.25, 0.3) is 0 Å². The van der Waals surface area contributed by atoms with Gasteiger partial charge in [0, 0.05) is 25.7 Å². The van der Waals surface area contributed by atoms with Crippen molar-refractivity contribution in [1.82, 2.24) is 0 Å².